The maximum absolute atomic E-state index is 5.13. The van der Waals surface area contributed by atoms with E-state index in [-0.39, 0.29) is 10.8 Å². The number of benzene rings is 4. The topological polar surface area (TPSA) is 0 Å². The van der Waals surface area contributed by atoms with Crippen molar-refractivity contribution in [1.29, 1.82) is 0 Å². The second-order valence-electron chi connectivity index (χ2n) is 15.4. The van der Waals surface area contributed by atoms with Crippen molar-refractivity contribution in [2.45, 2.75) is 106 Å². The summed E-state index contributed by atoms with van der Waals surface area (Å²) < 4.78 is 3.37. The molecule has 280 valence electrons. The minimum absolute atomic E-state index is 0.0483. The van der Waals surface area contributed by atoms with E-state index in [1.54, 1.807) is 0 Å². The Hall–Kier alpha value is -2.57. The zero-order chi connectivity index (χ0) is 39.1. The number of unbranched alkanes of at least 4 members (excludes halogenated alkanes) is 2. The quantitative estimate of drug-likeness (QED) is 0.156. The molecule has 6 aromatic carbocycles. The average molecular weight is 813 g/mol. The van der Waals surface area contributed by atoms with Crippen molar-refractivity contribution < 1.29 is 18.9 Å². The van der Waals surface area contributed by atoms with E-state index in [0.717, 1.165) is 12.8 Å². The Labute approximate surface area is 332 Å². The van der Waals surface area contributed by atoms with E-state index in [9.17, 15) is 0 Å². The molecule has 6 rings (SSSR count). The standard InChI is InChI=1S/C35H37.C5H5.2C4H9.CH2.2ClH.Zr/c1-22-9-13-24(14-10-22)30-18-26-17-27-19-31(25-15-11-23(2)12-16-25)33(35(6,7)8)21-29(27)28(26)20-32(30)34(3,4)5;1-2-4-5-3-1;2*1-3-4-2;;;;/h9-21H,1-8H3;1-5H;2*1,3-4H2,2H3;1H2;2*1H;/q4*-1;;;;+2/p-2. The van der Waals surface area contributed by atoms with E-state index in [2.05, 4.69) is 166 Å². The molecule has 0 spiro atoms. The van der Waals surface area contributed by atoms with Gasteiger partial charge in [0.25, 0.3) is 0 Å². The number of hydrogen-bond acceptors (Lipinski definition) is 0. The van der Waals surface area contributed by atoms with Crippen molar-refractivity contribution >= 4 is 42.8 Å². The molecule has 0 aliphatic heterocycles. The molecule has 0 amide bonds. The van der Waals surface area contributed by atoms with E-state index in [1.165, 1.54) is 78.9 Å². The third-order valence-electron chi connectivity index (χ3n) is 8.58. The van der Waals surface area contributed by atoms with Crippen LogP contribution in [0.1, 0.15) is 103 Å². The summed E-state index contributed by atoms with van der Waals surface area (Å²) in [6, 6.07) is 40.1. The van der Waals surface area contributed by atoms with Crippen LogP contribution in [0.5, 0.6) is 0 Å². The van der Waals surface area contributed by atoms with Crippen LogP contribution in [0.3, 0.4) is 0 Å². The van der Waals surface area contributed by atoms with E-state index < -0.39 is 18.9 Å². The molecule has 0 N–H and O–H groups in total. The van der Waals surface area contributed by atoms with Gasteiger partial charge in [0.1, 0.15) is 0 Å². The van der Waals surface area contributed by atoms with Crippen LogP contribution in [-0.2, 0) is 29.7 Å². The van der Waals surface area contributed by atoms with Crippen molar-refractivity contribution in [2.24, 2.45) is 0 Å². The van der Waals surface area contributed by atoms with Crippen LogP contribution in [0.2, 0.25) is 0 Å². The van der Waals surface area contributed by atoms with Gasteiger partial charge in [-0.05, 0) is 58.1 Å². The minimum Gasteiger partial charge on any atom is -0.214 e. The van der Waals surface area contributed by atoms with Crippen LogP contribution in [0.4, 0.5) is 0 Å². The molecule has 0 fully saturated rings. The van der Waals surface area contributed by atoms with Gasteiger partial charge in [0.15, 0.2) is 0 Å². The van der Waals surface area contributed by atoms with Gasteiger partial charge in [-0.15, -0.1) is 39.7 Å². The minimum atomic E-state index is -1.85. The summed E-state index contributed by atoms with van der Waals surface area (Å²) in [5.74, 6) is 0. The molecule has 0 heterocycles. The Morgan fingerprint density at radius 2 is 0.923 bits per heavy atom. The summed E-state index contributed by atoms with van der Waals surface area (Å²) in [5.41, 5.74) is 10.8. The molecule has 6 aromatic rings. The fourth-order valence-corrected chi connectivity index (χ4v) is 5.61. The summed E-state index contributed by atoms with van der Waals surface area (Å²) in [5, 5.41) is 5.37. The number of aryl methyl sites for hydroxylation is 2. The second kappa shape index (κ2) is 22.0. The Bertz CT molecular complexity index is 1760. The van der Waals surface area contributed by atoms with Gasteiger partial charge >= 0.3 is 40.1 Å². The molecule has 0 saturated heterocycles. The van der Waals surface area contributed by atoms with Gasteiger partial charge < -0.3 is 13.8 Å². The van der Waals surface area contributed by atoms with Gasteiger partial charge in [0, 0.05) is 0 Å². The van der Waals surface area contributed by atoms with Gasteiger partial charge in [-0.25, -0.2) is 12.1 Å². The van der Waals surface area contributed by atoms with Gasteiger partial charge in [-0.1, -0.05) is 140 Å². The normalized spacial score (nSPS) is 10.9. The van der Waals surface area contributed by atoms with Gasteiger partial charge in [-0.2, -0.15) is 31.0 Å². The molecule has 0 nitrogen and oxygen atoms in total. The van der Waals surface area contributed by atoms with Crippen molar-refractivity contribution in [2.75, 3.05) is 0 Å². The van der Waals surface area contributed by atoms with Crippen LogP contribution in [-0.4, -0.2) is 4.21 Å². The van der Waals surface area contributed by atoms with Crippen molar-refractivity contribution in [3.8, 4) is 22.3 Å². The van der Waals surface area contributed by atoms with Crippen LogP contribution >= 0.6 is 17.0 Å². The fraction of sp³-hybridized carbons (Fsp3) is 0.327. The SMILES string of the molecule is Cc1ccc(-c2cc3[cH-]c4cc(-c5ccc(C)cc5)c(C(C)(C)C)cc4c3cc2C(C)(C)C)cc1.[CH2-]CCC.[CH2-]CCC.[CH2]=[Zr]([Cl])[Cl].c1cc[cH-]c1. The maximum atomic E-state index is 5.13. The van der Waals surface area contributed by atoms with Crippen molar-refractivity contribution in [3.63, 3.8) is 0 Å². The van der Waals surface area contributed by atoms with E-state index in [4.69, 9.17) is 17.0 Å². The van der Waals surface area contributed by atoms with Gasteiger partial charge in [-0.3, -0.25) is 0 Å². The molecule has 0 aromatic heterocycles. The average Bonchev–Trinajstić information content (AvgIpc) is 3.79. The molecule has 0 unspecified atom stereocenters. The maximum Gasteiger partial charge on any atom is -0.172 e. The Morgan fingerprint density at radius 3 is 1.15 bits per heavy atom. The van der Waals surface area contributed by atoms with Crippen molar-refractivity contribution in [3.05, 3.63) is 145 Å². The third kappa shape index (κ3) is 14.3. The van der Waals surface area contributed by atoms with Gasteiger partial charge in [0.2, 0.25) is 0 Å². The van der Waals surface area contributed by atoms with Crippen LogP contribution in [0.25, 0.3) is 43.8 Å². The molecule has 0 radical (unpaired) electrons. The predicted molar refractivity (Wildman–Crippen MR) is 236 cm³/mol. The first-order valence-electron chi connectivity index (χ1n) is 18.6. The smallest absolute Gasteiger partial charge is 0.172 e. The third-order valence-corrected chi connectivity index (χ3v) is 8.58. The molecule has 0 atom stereocenters. The number of fused-ring (bicyclic) bond motifs is 3. The van der Waals surface area contributed by atoms with E-state index in [0.29, 0.717) is 0 Å². The summed E-state index contributed by atoms with van der Waals surface area (Å²) in [6.45, 7) is 29.7. The van der Waals surface area contributed by atoms with Crippen LogP contribution in [0.15, 0.2) is 109 Å². The van der Waals surface area contributed by atoms with Crippen LogP contribution in [0, 0.1) is 27.7 Å². The summed E-state index contributed by atoms with van der Waals surface area (Å²) in [6.07, 6.45) is 4.56. The Balaban J connectivity index is 0.000000457. The van der Waals surface area contributed by atoms with E-state index >= 15 is 0 Å². The Kier molecular flexibility index (Phi) is 19.3. The first kappa shape index (κ1) is 45.6. The molecule has 0 aliphatic carbocycles. The van der Waals surface area contributed by atoms with Crippen LogP contribution < -0.4 is 0 Å². The predicted octanol–water partition coefficient (Wildman–Crippen LogP) is 16.2. The first-order valence-corrected chi connectivity index (χ1v) is 26.7. The summed E-state index contributed by atoms with van der Waals surface area (Å²) >= 11 is -1.85. The summed E-state index contributed by atoms with van der Waals surface area (Å²) in [4.78, 5) is 0. The number of halogens is 2. The van der Waals surface area contributed by atoms with E-state index in [1.807, 2.05) is 30.3 Å². The van der Waals surface area contributed by atoms with Crippen molar-refractivity contribution in [1.82, 2.24) is 0 Å². The number of hydrogen-bond donors (Lipinski definition) is 0. The molecular weight excluding hydrogens is 751 g/mol. The molecular formula is C49H62Cl2Zr-4. The zero-order valence-electron chi connectivity index (χ0n) is 33.6. The fourth-order valence-electron chi connectivity index (χ4n) is 5.61. The summed E-state index contributed by atoms with van der Waals surface area (Å²) in [7, 11) is 10.3. The second-order valence-corrected chi connectivity index (χ2v) is 23.6. The largest absolute Gasteiger partial charge is 0.214 e. The molecule has 3 heteroatoms. The monoisotopic (exact) mass is 810 g/mol. The zero-order valence-corrected chi connectivity index (χ0v) is 37.6. The first-order chi connectivity index (χ1) is 24.5. The molecule has 0 aliphatic rings. The molecule has 52 heavy (non-hydrogen) atoms. The number of rotatable bonds is 4. The van der Waals surface area contributed by atoms with Gasteiger partial charge in [0.05, 0.1) is 0 Å². The Morgan fingerprint density at radius 1 is 0.615 bits per heavy atom. The molecule has 0 saturated carbocycles. The molecule has 0 bridgehead atoms.